The molecule has 1 fully saturated rings. The third kappa shape index (κ3) is 9.13. The normalized spacial score (nSPS) is 14.7. The van der Waals surface area contributed by atoms with Crippen molar-refractivity contribution in [3.8, 4) is 0 Å². The number of benzene rings is 2. The van der Waals surface area contributed by atoms with E-state index in [-0.39, 0.29) is 28.2 Å². The summed E-state index contributed by atoms with van der Waals surface area (Å²) in [5.74, 6) is -2.26. The number of hydrogen-bond donors (Lipinski definition) is 0. The van der Waals surface area contributed by atoms with Crippen molar-refractivity contribution in [3.63, 3.8) is 0 Å². The predicted molar refractivity (Wildman–Crippen MR) is 110 cm³/mol. The zero-order valence-corrected chi connectivity index (χ0v) is 18.1. The summed E-state index contributed by atoms with van der Waals surface area (Å²) in [6.45, 7) is 1.22. The summed E-state index contributed by atoms with van der Waals surface area (Å²) in [6.07, 6.45) is 6.41. The largest absolute Gasteiger partial charge is 2.00 e. The van der Waals surface area contributed by atoms with Crippen LogP contribution in [0.2, 0.25) is 0 Å². The van der Waals surface area contributed by atoms with Gasteiger partial charge in [0.2, 0.25) is 0 Å². The van der Waals surface area contributed by atoms with Gasteiger partial charge in [0.05, 0.1) is 11.9 Å². The van der Waals surface area contributed by atoms with Gasteiger partial charge in [0.25, 0.3) is 0 Å². The Hall–Kier alpha value is -2.99. The molecule has 2 heterocycles. The maximum atomic E-state index is 10.1. The number of likely N-dealkylation sites (tertiary alicyclic amines) is 1. The van der Waals surface area contributed by atoms with E-state index in [1.165, 1.54) is 49.2 Å². The van der Waals surface area contributed by atoms with Crippen LogP contribution >= 0.6 is 0 Å². The molecular formula is C24H24CuN2O4. The molecular weight excluding hydrogens is 444 g/mol. The molecule has 0 aliphatic carbocycles. The van der Waals surface area contributed by atoms with Gasteiger partial charge < -0.3 is 19.8 Å². The smallest absolute Gasteiger partial charge is 0.545 e. The number of aromatic nitrogens is 1. The number of carboxylic acid groups (broad SMARTS) is 2. The van der Waals surface area contributed by atoms with Crippen LogP contribution in [0.3, 0.4) is 0 Å². The van der Waals surface area contributed by atoms with E-state index in [4.69, 9.17) is 0 Å². The van der Waals surface area contributed by atoms with E-state index in [0.717, 1.165) is 0 Å². The fraction of sp³-hybridized carbons (Fsp3) is 0.208. The van der Waals surface area contributed by atoms with Crippen LogP contribution in [-0.2, 0) is 17.1 Å². The van der Waals surface area contributed by atoms with Crippen molar-refractivity contribution in [2.75, 3.05) is 13.6 Å². The van der Waals surface area contributed by atoms with E-state index < -0.39 is 11.9 Å². The zero-order valence-electron chi connectivity index (χ0n) is 17.1. The van der Waals surface area contributed by atoms with Crippen molar-refractivity contribution in [3.05, 3.63) is 102 Å². The molecule has 1 aromatic heterocycles. The Balaban J connectivity index is 0.000000233. The van der Waals surface area contributed by atoms with E-state index in [2.05, 4.69) is 23.0 Å². The molecule has 6 nitrogen and oxygen atoms in total. The van der Waals surface area contributed by atoms with Gasteiger partial charge in [-0.25, -0.2) is 0 Å². The minimum absolute atomic E-state index is 0. The fourth-order valence-corrected chi connectivity index (χ4v) is 3.05. The first kappa shape index (κ1) is 26.0. The van der Waals surface area contributed by atoms with Crippen molar-refractivity contribution >= 4 is 11.9 Å². The van der Waals surface area contributed by atoms with Crippen LogP contribution < -0.4 is 10.2 Å². The molecule has 31 heavy (non-hydrogen) atoms. The summed E-state index contributed by atoms with van der Waals surface area (Å²) >= 11 is 0. The van der Waals surface area contributed by atoms with Crippen molar-refractivity contribution < 1.29 is 36.9 Å². The molecule has 1 aliphatic rings. The number of pyridine rings is 1. The van der Waals surface area contributed by atoms with Gasteiger partial charge in [-0.1, -0.05) is 66.7 Å². The molecule has 0 N–H and O–H groups in total. The first-order valence-corrected chi connectivity index (χ1v) is 9.62. The van der Waals surface area contributed by atoms with Gasteiger partial charge in [-0.15, -0.1) is 0 Å². The topological polar surface area (TPSA) is 96.4 Å². The second-order valence-corrected chi connectivity index (χ2v) is 6.73. The number of carbonyl (C=O) groups is 2. The molecule has 1 atom stereocenters. The Kier molecular flexibility index (Phi) is 11.8. The molecule has 165 valence electrons. The van der Waals surface area contributed by atoms with Gasteiger partial charge in [0, 0.05) is 18.4 Å². The predicted octanol–water partition coefficient (Wildman–Crippen LogP) is 1.95. The quantitative estimate of drug-likeness (QED) is 0.546. The van der Waals surface area contributed by atoms with Crippen LogP contribution in [0.5, 0.6) is 0 Å². The van der Waals surface area contributed by atoms with Crippen LogP contribution in [0.4, 0.5) is 0 Å². The summed E-state index contributed by atoms with van der Waals surface area (Å²) in [5, 5.41) is 20.2. The standard InChI is InChI=1S/C10H14N2.2C7H6O2.Cu/c1-12-7-3-5-10(12)9-4-2-6-11-8-9;2*8-7(9)6-4-2-1-3-5-6;/h2,4,6,8,10H,3,5,7H2,1H3;2*1-5H,(H,8,9);/q;;;+2/p-2/t10-;;;/m0.../s1. The number of hydrogen-bond acceptors (Lipinski definition) is 6. The molecule has 1 aliphatic heterocycles. The molecule has 1 radical (unpaired) electrons. The molecule has 0 bridgehead atoms. The Morgan fingerprint density at radius 3 is 1.71 bits per heavy atom. The summed E-state index contributed by atoms with van der Waals surface area (Å²) in [7, 11) is 2.19. The number of rotatable bonds is 3. The van der Waals surface area contributed by atoms with Gasteiger partial charge in [0.15, 0.2) is 0 Å². The fourth-order valence-electron chi connectivity index (χ4n) is 3.05. The maximum absolute atomic E-state index is 10.1. The first-order chi connectivity index (χ1) is 14.5. The first-order valence-electron chi connectivity index (χ1n) is 9.62. The minimum Gasteiger partial charge on any atom is -0.545 e. The van der Waals surface area contributed by atoms with Gasteiger partial charge in [-0.3, -0.25) is 9.88 Å². The molecule has 4 rings (SSSR count). The van der Waals surface area contributed by atoms with Crippen LogP contribution in [0.1, 0.15) is 45.2 Å². The minimum atomic E-state index is -1.13. The van der Waals surface area contributed by atoms with Crippen molar-refractivity contribution in [2.24, 2.45) is 0 Å². The van der Waals surface area contributed by atoms with Gasteiger partial charge in [-0.2, -0.15) is 0 Å². The zero-order chi connectivity index (χ0) is 21.8. The van der Waals surface area contributed by atoms with Gasteiger partial charge in [-0.05, 0) is 49.2 Å². The number of nitrogens with zero attached hydrogens (tertiary/aromatic N) is 2. The number of aromatic carboxylic acids is 2. The average molecular weight is 468 g/mol. The second kappa shape index (κ2) is 14.1. The van der Waals surface area contributed by atoms with E-state index in [1.807, 2.05) is 18.5 Å². The van der Waals surface area contributed by atoms with Crippen LogP contribution in [-0.4, -0.2) is 35.4 Å². The summed E-state index contributed by atoms with van der Waals surface area (Å²) in [5.41, 5.74) is 1.80. The van der Waals surface area contributed by atoms with Crippen LogP contribution in [0.25, 0.3) is 0 Å². The monoisotopic (exact) mass is 467 g/mol. The van der Waals surface area contributed by atoms with E-state index in [9.17, 15) is 19.8 Å². The van der Waals surface area contributed by atoms with Crippen molar-refractivity contribution in [2.45, 2.75) is 18.9 Å². The second-order valence-electron chi connectivity index (χ2n) is 6.73. The molecule has 3 aromatic rings. The maximum Gasteiger partial charge on any atom is 2.00 e. The Labute approximate surface area is 193 Å². The molecule has 0 amide bonds. The van der Waals surface area contributed by atoms with E-state index in [0.29, 0.717) is 6.04 Å². The third-order valence-electron chi connectivity index (χ3n) is 4.61. The Bertz CT molecular complexity index is 859. The van der Waals surface area contributed by atoms with Crippen molar-refractivity contribution in [1.82, 2.24) is 9.88 Å². The molecule has 1 saturated heterocycles. The third-order valence-corrected chi connectivity index (χ3v) is 4.61. The Morgan fingerprint density at radius 2 is 1.39 bits per heavy atom. The van der Waals surface area contributed by atoms with Gasteiger partial charge in [0.1, 0.15) is 0 Å². The Morgan fingerprint density at radius 1 is 0.871 bits per heavy atom. The molecule has 2 aromatic carbocycles. The SMILES string of the molecule is CN1CCC[C@H]1c1cccnc1.O=C([O-])c1ccccc1.O=C([O-])c1ccccc1.[Cu+2]. The molecule has 0 unspecified atom stereocenters. The van der Waals surface area contributed by atoms with E-state index >= 15 is 0 Å². The van der Waals surface area contributed by atoms with Crippen LogP contribution in [0.15, 0.2) is 85.2 Å². The summed E-state index contributed by atoms with van der Waals surface area (Å²) < 4.78 is 0. The van der Waals surface area contributed by atoms with Crippen molar-refractivity contribution in [1.29, 1.82) is 0 Å². The molecule has 0 spiro atoms. The van der Waals surface area contributed by atoms with Crippen LogP contribution in [0, 0.1) is 0 Å². The number of carboxylic acids is 2. The summed E-state index contributed by atoms with van der Waals surface area (Å²) in [6, 6.07) is 20.9. The summed E-state index contributed by atoms with van der Waals surface area (Å²) in [4.78, 5) is 26.7. The van der Waals surface area contributed by atoms with E-state index in [1.54, 1.807) is 36.4 Å². The molecule has 7 heteroatoms. The average Bonchev–Trinajstić information content (AvgIpc) is 3.22. The molecule has 0 saturated carbocycles. The number of carbonyl (C=O) groups excluding carboxylic acids is 2. The van der Waals surface area contributed by atoms with Gasteiger partial charge >= 0.3 is 17.1 Å².